The Morgan fingerprint density at radius 3 is 2.94 bits per heavy atom. The summed E-state index contributed by atoms with van der Waals surface area (Å²) in [5.74, 6) is 1.62. The Labute approximate surface area is 119 Å². The Morgan fingerprint density at radius 1 is 1.44 bits per heavy atom. The minimum atomic E-state index is -0.128. The molecule has 0 radical (unpaired) electrons. The number of nitrogen functional groups attached to an aromatic ring is 1. The molecular formula is C12H17BrN2O2S. The van der Waals surface area contributed by atoms with Gasteiger partial charge in [0, 0.05) is 29.1 Å². The number of benzene rings is 1. The summed E-state index contributed by atoms with van der Waals surface area (Å²) in [5.41, 5.74) is 6.77. The molecule has 0 saturated heterocycles. The standard InChI is InChI=1S/C12H17BrN2O2S/c13-11-3-2-9(14)8-10(11)12(17)15-4-7-18-6-1-5-16/h2-3,8,16H,1,4-7,14H2,(H,15,17). The molecule has 0 bridgehead atoms. The maximum Gasteiger partial charge on any atom is 0.252 e. The number of nitrogens with one attached hydrogen (secondary N) is 1. The highest BCUT2D eigenvalue weighted by Gasteiger charge is 2.09. The Kier molecular flexibility index (Phi) is 7.15. The van der Waals surface area contributed by atoms with Crippen molar-refractivity contribution < 1.29 is 9.90 Å². The molecule has 0 unspecified atom stereocenters. The summed E-state index contributed by atoms with van der Waals surface area (Å²) in [6, 6.07) is 5.16. The molecule has 0 aliphatic heterocycles. The van der Waals surface area contributed by atoms with Crippen LogP contribution in [0.2, 0.25) is 0 Å². The molecule has 4 N–H and O–H groups in total. The van der Waals surface area contributed by atoms with Crippen LogP contribution in [-0.4, -0.2) is 35.7 Å². The molecule has 0 atom stereocenters. The number of aliphatic hydroxyl groups excluding tert-OH is 1. The summed E-state index contributed by atoms with van der Waals surface area (Å²) in [6.07, 6.45) is 0.791. The van der Waals surface area contributed by atoms with Gasteiger partial charge >= 0.3 is 0 Å². The summed E-state index contributed by atoms with van der Waals surface area (Å²) in [7, 11) is 0. The number of nitrogens with two attached hydrogens (primary N) is 1. The lowest BCUT2D eigenvalue weighted by molar-refractivity contribution is 0.0955. The van der Waals surface area contributed by atoms with Crippen LogP contribution in [0.25, 0.3) is 0 Å². The van der Waals surface area contributed by atoms with Gasteiger partial charge in [-0.2, -0.15) is 11.8 Å². The third-order valence-corrected chi connectivity index (χ3v) is 3.98. The van der Waals surface area contributed by atoms with Crippen molar-refractivity contribution in [2.24, 2.45) is 0 Å². The molecular weight excluding hydrogens is 316 g/mol. The van der Waals surface area contributed by atoms with E-state index in [2.05, 4.69) is 21.2 Å². The fraction of sp³-hybridized carbons (Fsp3) is 0.417. The van der Waals surface area contributed by atoms with Crippen LogP contribution < -0.4 is 11.1 Å². The normalized spacial score (nSPS) is 10.3. The number of carbonyl (C=O) groups excluding carboxylic acids is 1. The van der Waals surface area contributed by atoms with E-state index >= 15 is 0 Å². The zero-order valence-electron chi connectivity index (χ0n) is 9.99. The van der Waals surface area contributed by atoms with Gasteiger partial charge in [0.15, 0.2) is 0 Å². The SMILES string of the molecule is Nc1ccc(Br)c(C(=O)NCCSCCCO)c1. The molecule has 1 aromatic carbocycles. The van der Waals surface area contributed by atoms with Gasteiger partial charge in [0.1, 0.15) is 0 Å². The third kappa shape index (κ3) is 5.29. The molecule has 100 valence electrons. The van der Waals surface area contributed by atoms with E-state index in [0.717, 1.165) is 22.4 Å². The van der Waals surface area contributed by atoms with E-state index in [1.165, 1.54) is 0 Å². The second kappa shape index (κ2) is 8.39. The molecule has 0 heterocycles. The van der Waals surface area contributed by atoms with Crippen LogP contribution >= 0.6 is 27.7 Å². The van der Waals surface area contributed by atoms with Gasteiger partial charge in [-0.15, -0.1) is 0 Å². The number of thioether (sulfide) groups is 1. The summed E-state index contributed by atoms with van der Waals surface area (Å²) in [6.45, 7) is 0.825. The predicted molar refractivity (Wildman–Crippen MR) is 79.9 cm³/mol. The van der Waals surface area contributed by atoms with Gasteiger partial charge in [-0.25, -0.2) is 0 Å². The van der Waals surface area contributed by atoms with Crippen LogP contribution in [0.1, 0.15) is 16.8 Å². The second-order valence-corrected chi connectivity index (χ2v) is 5.76. The van der Waals surface area contributed by atoms with Gasteiger partial charge in [0.2, 0.25) is 0 Å². The smallest absolute Gasteiger partial charge is 0.252 e. The molecule has 0 fully saturated rings. The minimum Gasteiger partial charge on any atom is -0.399 e. The number of amides is 1. The topological polar surface area (TPSA) is 75.4 Å². The average molecular weight is 333 g/mol. The van der Waals surface area contributed by atoms with Crippen molar-refractivity contribution in [3.8, 4) is 0 Å². The number of anilines is 1. The van der Waals surface area contributed by atoms with E-state index in [0.29, 0.717) is 17.8 Å². The summed E-state index contributed by atoms with van der Waals surface area (Å²) in [4.78, 5) is 11.9. The second-order valence-electron chi connectivity index (χ2n) is 3.68. The minimum absolute atomic E-state index is 0.128. The maximum atomic E-state index is 11.9. The first-order valence-corrected chi connectivity index (χ1v) is 7.61. The van der Waals surface area contributed by atoms with Crippen molar-refractivity contribution in [3.05, 3.63) is 28.2 Å². The summed E-state index contributed by atoms with van der Waals surface area (Å²) in [5, 5.41) is 11.5. The Bertz CT molecular complexity index is 402. The van der Waals surface area contributed by atoms with Crippen LogP contribution in [0.15, 0.2) is 22.7 Å². The zero-order chi connectivity index (χ0) is 13.4. The van der Waals surface area contributed by atoms with E-state index < -0.39 is 0 Å². The molecule has 0 aliphatic rings. The average Bonchev–Trinajstić information content (AvgIpc) is 2.36. The predicted octanol–water partition coefficient (Wildman–Crippen LogP) is 1.88. The van der Waals surface area contributed by atoms with E-state index in [9.17, 15) is 4.79 Å². The molecule has 0 spiro atoms. The van der Waals surface area contributed by atoms with Crippen LogP contribution in [-0.2, 0) is 0 Å². The van der Waals surface area contributed by atoms with Gasteiger partial charge in [0.25, 0.3) is 5.91 Å². The number of hydrogen-bond donors (Lipinski definition) is 3. The molecule has 0 aromatic heterocycles. The fourth-order valence-electron chi connectivity index (χ4n) is 1.32. The lowest BCUT2D eigenvalue weighted by Crippen LogP contribution is -2.26. The first-order chi connectivity index (χ1) is 8.65. The third-order valence-electron chi connectivity index (χ3n) is 2.21. The molecule has 1 aromatic rings. The van der Waals surface area contributed by atoms with E-state index in [-0.39, 0.29) is 12.5 Å². The van der Waals surface area contributed by atoms with Crippen molar-refractivity contribution in [1.29, 1.82) is 0 Å². The molecule has 0 saturated carbocycles. The van der Waals surface area contributed by atoms with Gasteiger partial charge < -0.3 is 16.2 Å². The number of carbonyl (C=O) groups is 1. The zero-order valence-corrected chi connectivity index (χ0v) is 12.4. The van der Waals surface area contributed by atoms with Crippen molar-refractivity contribution >= 4 is 39.3 Å². The summed E-state index contributed by atoms with van der Waals surface area (Å²) >= 11 is 5.04. The lowest BCUT2D eigenvalue weighted by Gasteiger charge is -2.07. The van der Waals surface area contributed by atoms with E-state index in [1.54, 1.807) is 30.0 Å². The lowest BCUT2D eigenvalue weighted by atomic mass is 10.2. The van der Waals surface area contributed by atoms with Crippen LogP contribution in [0.4, 0.5) is 5.69 Å². The van der Waals surface area contributed by atoms with Gasteiger partial charge in [-0.1, -0.05) is 0 Å². The highest BCUT2D eigenvalue weighted by atomic mass is 79.9. The van der Waals surface area contributed by atoms with Crippen molar-refractivity contribution in [1.82, 2.24) is 5.32 Å². The quantitative estimate of drug-likeness (QED) is 0.526. The number of rotatable bonds is 7. The Morgan fingerprint density at radius 2 is 2.22 bits per heavy atom. The maximum absolute atomic E-state index is 11.9. The highest BCUT2D eigenvalue weighted by molar-refractivity contribution is 9.10. The molecule has 1 rings (SSSR count). The Hall–Kier alpha value is -0.720. The largest absolute Gasteiger partial charge is 0.399 e. The van der Waals surface area contributed by atoms with Crippen LogP contribution in [0.3, 0.4) is 0 Å². The number of aliphatic hydroxyl groups is 1. The molecule has 6 heteroatoms. The van der Waals surface area contributed by atoms with Crippen LogP contribution in [0, 0.1) is 0 Å². The molecule has 0 aliphatic carbocycles. The molecule has 4 nitrogen and oxygen atoms in total. The van der Waals surface area contributed by atoms with Crippen molar-refractivity contribution in [2.45, 2.75) is 6.42 Å². The monoisotopic (exact) mass is 332 g/mol. The van der Waals surface area contributed by atoms with Crippen molar-refractivity contribution in [2.75, 3.05) is 30.4 Å². The van der Waals surface area contributed by atoms with Gasteiger partial charge in [-0.3, -0.25) is 4.79 Å². The first-order valence-electron chi connectivity index (χ1n) is 5.67. The highest BCUT2D eigenvalue weighted by Crippen LogP contribution is 2.19. The van der Waals surface area contributed by atoms with E-state index in [1.807, 2.05) is 0 Å². The van der Waals surface area contributed by atoms with Gasteiger partial charge in [0.05, 0.1) is 5.56 Å². The van der Waals surface area contributed by atoms with E-state index in [4.69, 9.17) is 10.8 Å². The number of halogens is 1. The van der Waals surface area contributed by atoms with Crippen LogP contribution in [0.5, 0.6) is 0 Å². The molecule has 1 amide bonds. The van der Waals surface area contributed by atoms with Crippen molar-refractivity contribution in [3.63, 3.8) is 0 Å². The first kappa shape index (κ1) is 15.3. The Balaban J connectivity index is 2.34. The van der Waals surface area contributed by atoms with Gasteiger partial charge in [-0.05, 0) is 46.3 Å². The molecule has 18 heavy (non-hydrogen) atoms. The summed E-state index contributed by atoms with van der Waals surface area (Å²) < 4.78 is 0.738. The number of hydrogen-bond acceptors (Lipinski definition) is 4. The fourth-order valence-corrected chi connectivity index (χ4v) is 2.53.